The van der Waals surface area contributed by atoms with Crippen LogP contribution in [0.2, 0.25) is 0 Å². The van der Waals surface area contributed by atoms with E-state index in [9.17, 15) is 9.18 Å². The van der Waals surface area contributed by atoms with Crippen LogP contribution in [0.25, 0.3) is 6.08 Å². The minimum absolute atomic E-state index is 0.107. The van der Waals surface area contributed by atoms with Gasteiger partial charge in [-0.1, -0.05) is 17.8 Å². The van der Waals surface area contributed by atoms with Crippen LogP contribution >= 0.6 is 11.8 Å². The molecule has 0 unspecified atom stereocenters. The van der Waals surface area contributed by atoms with Gasteiger partial charge in [0.15, 0.2) is 5.17 Å². The van der Waals surface area contributed by atoms with Gasteiger partial charge in [0.25, 0.3) is 5.91 Å². The van der Waals surface area contributed by atoms with Gasteiger partial charge in [-0.15, -0.1) is 0 Å². The molecule has 9 heteroatoms. The fraction of sp³-hybridized carbons (Fsp3) is 0.263. The summed E-state index contributed by atoms with van der Waals surface area (Å²) in [5.41, 5.74) is 6.50. The number of aliphatic hydroxyl groups is 1. The Morgan fingerprint density at radius 2 is 2.25 bits per heavy atom. The van der Waals surface area contributed by atoms with E-state index in [0.717, 1.165) is 5.75 Å². The lowest BCUT2D eigenvalue weighted by atomic mass is 9.89. The van der Waals surface area contributed by atoms with Gasteiger partial charge in [0.1, 0.15) is 11.5 Å². The van der Waals surface area contributed by atoms with Gasteiger partial charge in [0.05, 0.1) is 30.2 Å². The number of aliphatic imine (C=N–C) groups is 1. The van der Waals surface area contributed by atoms with Crippen molar-refractivity contribution in [2.45, 2.75) is 18.9 Å². The van der Waals surface area contributed by atoms with E-state index in [4.69, 9.17) is 10.8 Å². The SMILES string of the molecule is C[C@@]1(c2cc(NC(=O)c3cnc(C=CCO)cn3)ccc2F)CCSC(N)=N1. The maximum Gasteiger partial charge on any atom is 0.275 e. The van der Waals surface area contributed by atoms with Crippen LogP contribution in [0, 0.1) is 5.82 Å². The van der Waals surface area contributed by atoms with E-state index >= 15 is 0 Å². The Hall–Kier alpha value is -2.78. The number of carbonyl (C=O) groups excluding carboxylic acids is 1. The molecule has 4 N–H and O–H groups in total. The quantitative estimate of drug-likeness (QED) is 0.710. The fourth-order valence-corrected chi connectivity index (χ4v) is 3.78. The van der Waals surface area contributed by atoms with Crippen LogP contribution in [-0.4, -0.2) is 38.5 Å². The number of nitrogens with one attached hydrogen (secondary N) is 1. The number of hydrogen-bond acceptors (Lipinski definition) is 7. The lowest BCUT2D eigenvalue weighted by molar-refractivity contribution is 0.102. The Morgan fingerprint density at radius 1 is 1.43 bits per heavy atom. The molecule has 1 atom stereocenters. The second kappa shape index (κ2) is 8.49. The van der Waals surface area contributed by atoms with Gasteiger partial charge in [0, 0.05) is 17.0 Å². The number of amidine groups is 1. The van der Waals surface area contributed by atoms with Gasteiger partial charge in [-0.2, -0.15) is 0 Å². The van der Waals surface area contributed by atoms with Crippen LogP contribution < -0.4 is 11.1 Å². The van der Waals surface area contributed by atoms with E-state index in [2.05, 4.69) is 20.3 Å². The number of thioether (sulfide) groups is 1. The number of aromatic nitrogens is 2. The van der Waals surface area contributed by atoms with E-state index in [0.29, 0.717) is 28.5 Å². The Morgan fingerprint density at radius 3 is 2.93 bits per heavy atom. The zero-order valence-electron chi connectivity index (χ0n) is 15.2. The second-order valence-corrected chi connectivity index (χ2v) is 7.50. The molecule has 28 heavy (non-hydrogen) atoms. The lowest BCUT2D eigenvalue weighted by Gasteiger charge is -2.30. The third-order valence-corrected chi connectivity index (χ3v) is 5.09. The smallest absolute Gasteiger partial charge is 0.275 e. The number of hydrogen-bond donors (Lipinski definition) is 3. The molecule has 3 rings (SSSR count). The molecule has 1 aromatic carbocycles. The molecule has 0 radical (unpaired) electrons. The third-order valence-electron chi connectivity index (χ3n) is 4.30. The minimum Gasteiger partial charge on any atom is -0.392 e. The molecule has 2 heterocycles. The zero-order chi connectivity index (χ0) is 20.1. The van der Waals surface area contributed by atoms with E-state index in [1.165, 1.54) is 42.4 Å². The van der Waals surface area contributed by atoms with Gasteiger partial charge in [-0.3, -0.25) is 14.8 Å². The third kappa shape index (κ3) is 4.55. The molecular weight excluding hydrogens is 381 g/mol. The first-order valence-corrected chi connectivity index (χ1v) is 9.59. The van der Waals surface area contributed by atoms with Crippen LogP contribution in [0.3, 0.4) is 0 Å². The topological polar surface area (TPSA) is 113 Å². The predicted octanol–water partition coefficient (Wildman–Crippen LogP) is 2.54. The summed E-state index contributed by atoms with van der Waals surface area (Å²) in [5.74, 6) is -0.118. The summed E-state index contributed by atoms with van der Waals surface area (Å²) >= 11 is 1.44. The number of rotatable bonds is 5. The fourth-order valence-electron chi connectivity index (χ4n) is 2.81. The number of anilines is 1. The number of carbonyl (C=O) groups is 1. The molecule has 146 valence electrons. The molecule has 1 aliphatic rings. The summed E-state index contributed by atoms with van der Waals surface area (Å²) < 4.78 is 14.5. The standard InChI is InChI=1S/C19H20FN5O2S/c1-19(6-8-28-18(21)25-19)14-9-12(4-5-15(14)20)24-17(27)16-11-22-13(10-23-16)3-2-7-26/h2-5,9-11,26H,6-8H2,1H3,(H2,21,25)(H,24,27)/t19-/m0/s1. The summed E-state index contributed by atoms with van der Waals surface area (Å²) in [6.07, 6.45) is 6.51. The molecule has 0 spiro atoms. The van der Waals surface area contributed by atoms with Crippen molar-refractivity contribution in [3.05, 3.63) is 59.4 Å². The number of aliphatic hydroxyl groups excluding tert-OH is 1. The highest BCUT2D eigenvalue weighted by atomic mass is 32.2. The van der Waals surface area contributed by atoms with E-state index in [1.807, 2.05) is 6.92 Å². The summed E-state index contributed by atoms with van der Waals surface area (Å²) in [6, 6.07) is 4.36. The predicted molar refractivity (Wildman–Crippen MR) is 109 cm³/mol. The molecule has 1 amide bonds. The molecular formula is C19H20FN5O2S. The maximum absolute atomic E-state index is 14.5. The van der Waals surface area contributed by atoms with Gasteiger partial charge in [-0.05, 0) is 37.6 Å². The first kappa shape index (κ1) is 20.0. The summed E-state index contributed by atoms with van der Waals surface area (Å²) in [4.78, 5) is 25.0. The first-order chi connectivity index (χ1) is 13.4. The largest absolute Gasteiger partial charge is 0.392 e. The Balaban J connectivity index is 1.80. The van der Waals surface area contributed by atoms with Crippen molar-refractivity contribution >= 4 is 34.6 Å². The van der Waals surface area contributed by atoms with Gasteiger partial charge in [0.2, 0.25) is 0 Å². The molecule has 7 nitrogen and oxygen atoms in total. The highest BCUT2D eigenvalue weighted by Gasteiger charge is 2.32. The second-order valence-electron chi connectivity index (χ2n) is 6.38. The normalized spacial score (nSPS) is 19.5. The molecule has 2 aromatic rings. The number of nitrogens with zero attached hydrogens (tertiary/aromatic N) is 3. The number of amides is 1. The zero-order valence-corrected chi connectivity index (χ0v) is 16.0. The van der Waals surface area contributed by atoms with Crippen molar-refractivity contribution in [2.75, 3.05) is 17.7 Å². The summed E-state index contributed by atoms with van der Waals surface area (Å²) in [7, 11) is 0. The average Bonchev–Trinajstić information content (AvgIpc) is 2.68. The molecule has 0 bridgehead atoms. The molecule has 1 aromatic heterocycles. The molecule has 0 saturated heterocycles. The van der Waals surface area contributed by atoms with Crippen molar-refractivity contribution < 1.29 is 14.3 Å². The van der Waals surface area contributed by atoms with Crippen molar-refractivity contribution in [3.63, 3.8) is 0 Å². The highest BCUT2D eigenvalue weighted by molar-refractivity contribution is 8.13. The Bertz CT molecular complexity index is 932. The van der Waals surface area contributed by atoms with Crippen molar-refractivity contribution in [1.29, 1.82) is 0 Å². The highest BCUT2D eigenvalue weighted by Crippen LogP contribution is 2.37. The molecule has 0 aliphatic carbocycles. The average molecular weight is 401 g/mol. The number of nitrogens with two attached hydrogens (primary N) is 1. The van der Waals surface area contributed by atoms with Crippen molar-refractivity contribution in [1.82, 2.24) is 9.97 Å². The van der Waals surface area contributed by atoms with Gasteiger partial charge >= 0.3 is 0 Å². The monoisotopic (exact) mass is 401 g/mol. The maximum atomic E-state index is 14.5. The van der Waals surface area contributed by atoms with Crippen LogP contribution in [0.5, 0.6) is 0 Å². The summed E-state index contributed by atoms with van der Waals surface area (Å²) in [5, 5.41) is 11.9. The van der Waals surface area contributed by atoms with Gasteiger partial charge in [-0.25, -0.2) is 9.37 Å². The molecule has 1 aliphatic heterocycles. The van der Waals surface area contributed by atoms with E-state index in [1.54, 1.807) is 12.1 Å². The van der Waals surface area contributed by atoms with Crippen LogP contribution in [-0.2, 0) is 5.54 Å². The first-order valence-electron chi connectivity index (χ1n) is 8.60. The number of halogens is 1. The van der Waals surface area contributed by atoms with Crippen LogP contribution in [0.15, 0.2) is 41.7 Å². The minimum atomic E-state index is -0.777. The molecule has 0 saturated carbocycles. The number of benzene rings is 1. The van der Waals surface area contributed by atoms with Gasteiger partial charge < -0.3 is 16.2 Å². The van der Waals surface area contributed by atoms with E-state index < -0.39 is 17.3 Å². The summed E-state index contributed by atoms with van der Waals surface area (Å²) in [6.45, 7) is 1.72. The van der Waals surface area contributed by atoms with Crippen LogP contribution in [0.1, 0.15) is 35.1 Å². The molecule has 0 fully saturated rings. The lowest BCUT2D eigenvalue weighted by Crippen LogP contribution is -2.29. The van der Waals surface area contributed by atoms with Crippen molar-refractivity contribution in [3.8, 4) is 0 Å². The Kier molecular flexibility index (Phi) is 6.05. The van der Waals surface area contributed by atoms with Crippen LogP contribution in [0.4, 0.5) is 10.1 Å². The Labute approximate surface area is 166 Å². The van der Waals surface area contributed by atoms with E-state index in [-0.39, 0.29) is 12.3 Å². The van der Waals surface area contributed by atoms with Crippen molar-refractivity contribution in [2.24, 2.45) is 10.7 Å².